The van der Waals surface area contributed by atoms with Crippen molar-refractivity contribution in [3.8, 4) is 0 Å². The summed E-state index contributed by atoms with van der Waals surface area (Å²) >= 11 is 2.43. The van der Waals surface area contributed by atoms with Crippen LogP contribution in [0.1, 0.15) is 20.8 Å². The molecule has 10 heavy (non-hydrogen) atoms. The quantitative estimate of drug-likeness (QED) is 0.538. The third-order valence-corrected chi connectivity index (χ3v) is 1.95. The van der Waals surface area contributed by atoms with Crippen molar-refractivity contribution in [2.45, 2.75) is 20.8 Å². The maximum atomic E-state index is 2.50. The molecule has 0 aliphatic rings. The number of rotatable bonds is 5. The molecule has 0 rings (SSSR count). The zero-order chi connectivity index (χ0) is 7.98. The van der Waals surface area contributed by atoms with Gasteiger partial charge >= 0.3 is 0 Å². The molecule has 0 atom stereocenters. The molecule has 1 nitrogen and oxygen atoms in total. The van der Waals surface area contributed by atoms with Crippen LogP contribution in [0.25, 0.3) is 0 Å². The first-order valence-corrected chi connectivity index (χ1v) is 5.51. The van der Waals surface area contributed by atoms with Gasteiger partial charge in [0.05, 0.1) is 0 Å². The van der Waals surface area contributed by atoms with Gasteiger partial charge in [-0.2, -0.15) is 0 Å². The Kier molecular flexibility index (Phi) is 6.85. The van der Waals surface area contributed by atoms with Gasteiger partial charge in [-0.3, -0.25) is 0 Å². The molecule has 0 bridgehead atoms. The molecule has 0 saturated heterocycles. The third-order valence-electron chi connectivity index (χ3n) is 1.47. The van der Waals surface area contributed by atoms with Gasteiger partial charge in [0.1, 0.15) is 0 Å². The highest BCUT2D eigenvalue weighted by atomic mass is 127. The molecule has 0 aliphatic heterocycles. The Bertz CT molecular complexity index is 73.7. The van der Waals surface area contributed by atoms with Gasteiger partial charge in [0, 0.05) is 17.5 Å². The van der Waals surface area contributed by atoms with Crippen molar-refractivity contribution in [3.63, 3.8) is 0 Å². The first kappa shape index (κ1) is 10.7. The Morgan fingerprint density at radius 1 is 1.40 bits per heavy atom. The van der Waals surface area contributed by atoms with Crippen LogP contribution in [0.3, 0.4) is 0 Å². The van der Waals surface area contributed by atoms with Crippen molar-refractivity contribution in [2.24, 2.45) is 5.92 Å². The van der Waals surface area contributed by atoms with E-state index < -0.39 is 0 Å². The largest absolute Gasteiger partial charge is 0.303 e. The molecule has 62 valence electrons. The van der Waals surface area contributed by atoms with E-state index in [4.69, 9.17) is 0 Å². The highest BCUT2D eigenvalue weighted by Gasteiger charge is 2.02. The Balaban J connectivity index is 3.39. The van der Waals surface area contributed by atoms with Crippen LogP contribution in [0.4, 0.5) is 0 Å². The molecule has 0 saturated carbocycles. The van der Waals surface area contributed by atoms with E-state index in [0.29, 0.717) is 0 Å². The molecule has 0 N–H and O–H groups in total. The summed E-state index contributed by atoms with van der Waals surface area (Å²) in [6, 6.07) is 0. The number of nitrogens with zero attached hydrogens (tertiary/aromatic N) is 1. The smallest absolute Gasteiger partial charge is 0.0123 e. The lowest BCUT2D eigenvalue weighted by Crippen LogP contribution is -2.29. The summed E-state index contributed by atoms with van der Waals surface area (Å²) in [6.45, 7) is 10.5. The molecule has 0 amide bonds. The van der Waals surface area contributed by atoms with Crippen molar-refractivity contribution < 1.29 is 0 Å². The van der Waals surface area contributed by atoms with E-state index in [-0.39, 0.29) is 0 Å². The predicted molar refractivity (Wildman–Crippen MR) is 55.8 cm³/mol. The summed E-state index contributed by atoms with van der Waals surface area (Å²) < 4.78 is 1.25. The summed E-state index contributed by atoms with van der Waals surface area (Å²) in [6.07, 6.45) is 0. The lowest BCUT2D eigenvalue weighted by molar-refractivity contribution is 0.273. The highest BCUT2D eigenvalue weighted by Crippen LogP contribution is 1.98. The molecular weight excluding hydrogens is 237 g/mol. The van der Waals surface area contributed by atoms with Crippen LogP contribution in [-0.4, -0.2) is 29.0 Å². The van der Waals surface area contributed by atoms with E-state index in [9.17, 15) is 0 Å². The van der Waals surface area contributed by atoms with Crippen molar-refractivity contribution in [1.29, 1.82) is 0 Å². The maximum absolute atomic E-state index is 2.50. The normalized spacial score (nSPS) is 11.4. The first-order chi connectivity index (χ1) is 4.70. The molecule has 0 aromatic rings. The van der Waals surface area contributed by atoms with Crippen LogP contribution in [0.5, 0.6) is 0 Å². The van der Waals surface area contributed by atoms with E-state index in [0.717, 1.165) is 5.92 Å². The lowest BCUT2D eigenvalue weighted by atomic mass is 10.2. The molecule has 0 aromatic heterocycles. The van der Waals surface area contributed by atoms with Crippen molar-refractivity contribution in [3.05, 3.63) is 0 Å². The topological polar surface area (TPSA) is 3.24 Å². The van der Waals surface area contributed by atoms with Crippen LogP contribution in [-0.2, 0) is 0 Å². The first-order valence-electron chi connectivity index (χ1n) is 3.99. The van der Waals surface area contributed by atoms with E-state index >= 15 is 0 Å². The minimum absolute atomic E-state index is 0.808. The van der Waals surface area contributed by atoms with E-state index in [1.807, 2.05) is 0 Å². The van der Waals surface area contributed by atoms with Crippen molar-refractivity contribution in [2.75, 3.05) is 24.1 Å². The van der Waals surface area contributed by atoms with Crippen molar-refractivity contribution in [1.82, 2.24) is 4.90 Å². The summed E-state index contributed by atoms with van der Waals surface area (Å²) in [5.41, 5.74) is 0. The summed E-state index contributed by atoms with van der Waals surface area (Å²) in [5.74, 6) is 0.808. The lowest BCUT2D eigenvalue weighted by Gasteiger charge is -2.20. The molecule has 0 aliphatic carbocycles. The van der Waals surface area contributed by atoms with Gasteiger partial charge in [-0.25, -0.2) is 0 Å². The molecule has 0 fully saturated rings. The number of hydrogen-bond acceptors (Lipinski definition) is 1. The number of halogens is 1. The fourth-order valence-electron chi connectivity index (χ4n) is 1.01. The van der Waals surface area contributed by atoms with Gasteiger partial charge in [-0.1, -0.05) is 43.4 Å². The van der Waals surface area contributed by atoms with Gasteiger partial charge in [-0.15, -0.1) is 0 Å². The zero-order valence-corrected chi connectivity index (χ0v) is 9.39. The van der Waals surface area contributed by atoms with Gasteiger partial charge in [0.25, 0.3) is 0 Å². The van der Waals surface area contributed by atoms with Gasteiger partial charge in [0.15, 0.2) is 0 Å². The van der Waals surface area contributed by atoms with Crippen LogP contribution in [0, 0.1) is 5.92 Å². The van der Waals surface area contributed by atoms with E-state index in [1.165, 1.54) is 24.1 Å². The SMILES string of the molecule is CCN(CCI)CC(C)C. The minimum atomic E-state index is 0.808. The molecule has 0 radical (unpaired) electrons. The average Bonchev–Trinajstić information content (AvgIpc) is 1.86. The molecule has 2 heteroatoms. The monoisotopic (exact) mass is 255 g/mol. The molecule has 0 unspecified atom stereocenters. The third kappa shape index (κ3) is 5.47. The maximum Gasteiger partial charge on any atom is 0.0123 e. The highest BCUT2D eigenvalue weighted by molar-refractivity contribution is 14.1. The fourth-order valence-corrected chi connectivity index (χ4v) is 1.70. The number of hydrogen-bond donors (Lipinski definition) is 0. The molecular formula is C8H18IN. The van der Waals surface area contributed by atoms with Crippen molar-refractivity contribution >= 4 is 22.6 Å². The van der Waals surface area contributed by atoms with Crippen LogP contribution in [0.15, 0.2) is 0 Å². The molecule has 0 heterocycles. The van der Waals surface area contributed by atoms with E-state index in [1.54, 1.807) is 0 Å². The van der Waals surface area contributed by atoms with Crippen LogP contribution < -0.4 is 0 Å². The predicted octanol–water partition coefficient (Wildman–Crippen LogP) is 2.40. The van der Waals surface area contributed by atoms with Crippen LogP contribution in [0.2, 0.25) is 0 Å². The second-order valence-corrected chi connectivity index (χ2v) is 4.05. The summed E-state index contributed by atoms with van der Waals surface area (Å²) in [4.78, 5) is 2.50. The van der Waals surface area contributed by atoms with Gasteiger partial charge < -0.3 is 4.90 Å². The Labute approximate surface area is 78.3 Å². The van der Waals surface area contributed by atoms with Gasteiger partial charge in [-0.05, 0) is 12.5 Å². The Morgan fingerprint density at radius 2 is 2.00 bits per heavy atom. The average molecular weight is 255 g/mol. The second-order valence-electron chi connectivity index (χ2n) is 2.98. The summed E-state index contributed by atoms with van der Waals surface area (Å²) in [7, 11) is 0. The van der Waals surface area contributed by atoms with E-state index in [2.05, 4.69) is 48.3 Å². The minimum Gasteiger partial charge on any atom is -0.303 e. The zero-order valence-electron chi connectivity index (χ0n) is 7.23. The summed E-state index contributed by atoms with van der Waals surface area (Å²) in [5, 5.41) is 0. The molecule has 0 aromatic carbocycles. The Morgan fingerprint density at radius 3 is 2.30 bits per heavy atom. The van der Waals surface area contributed by atoms with Gasteiger partial charge in [0.2, 0.25) is 0 Å². The number of alkyl halides is 1. The second kappa shape index (κ2) is 6.40. The molecule has 0 spiro atoms. The van der Waals surface area contributed by atoms with Crippen LogP contribution >= 0.6 is 22.6 Å². The Hall–Kier alpha value is 0.690. The fraction of sp³-hybridized carbons (Fsp3) is 1.00. The standard InChI is InChI=1S/C8H18IN/c1-4-10(6-5-9)7-8(2)3/h8H,4-7H2,1-3H3.